The number of carbonyl (C=O) groups is 4. The highest BCUT2D eigenvalue weighted by atomic mass is 19.2. The zero-order valence-electron chi connectivity index (χ0n) is 42.7. The van der Waals surface area contributed by atoms with Crippen LogP contribution in [0.4, 0.5) is 35.1 Å². The number of aromatic nitrogens is 2. The fraction of sp³-hybridized carbons (Fsp3) is 0.193. The first-order valence-electron chi connectivity index (χ1n) is 24.5. The van der Waals surface area contributed by atoms with Crippen LogP contribution in [0.25, 0.3) is 0 Å². The summed E-state index contributed by atoms with van der Waals surface area (Å²) in [5.74, 6) is -7.35. The molecule has 0 saturated heterocycles. The van der Waals surface area contributed by atoms with E-state index in [1.807, 2.05) is 13.8 Å². The maximum absolute atomic E-state index is 14.2. The van der Waals surface area contributed by atoms with E-state index in [2.05, 4.69) is 22.5 Å². The number of halogens is 8. The monoisotopic (exact) mass is 1120 g/mol. The van der Waals surface area contributed by atoms with Crippen LogP contribution >= 0.6 is 0 Å². The van der Waals surface area contributed by atoms with Crippen LogP contribution in [0.15, 0.2) is 113 Å². The van der Waals surface area contributed by atoms with Crippen LogP contribution in [0, 0.1) is 58.4 Å². The molecule has 0 saturated carbocycles. The Labute approximate surface area is 454 Å². The molecule has 0 spiro atoms. The third kappa shape index (κ3) is 11.5. The SMILES string of the molecule is CC#CC.O=C(NCc1c(F)cc(F)cc1F)c1cn2c(c(O)c1=O)C(=O)N1Cc3ccc(F)cc3CN2C1.O=C(NCc1c(F)cc(F)cc1F)c1cn2c(c(OCc3ccccc3)c1=O)C(=O)N1Cc3ccc(F)cc3CN2C1. The predicted molar refractivity (Wildman–Crippen MR) is 274 cm³/mol. The Bertz CT molecular complexity index is 3850. The minimum atomic E-state index is -1.23. The molecular formula is C57H44F8N8O8. The van der Waals surface area contributed by atoms with Gasteiger partial charge in [0.2, 0.25) is 10.9 Å². The number of hydrogen-bond acceptors (Lipinski definition) is 10. The number of nitrogens with one attached hydrogen (secondary N) is 2. The summed E-state index contributed by atoms with van der Waals surface area (Å²) >= 11 is 0. The van der Waals surface area contributed by atoms with Gasteiger partial charge in [-0.15, -0.1) is 11.8 Å². The molecule has 5 aromatic carbocycles. The highest BCUT2D eigenvalue weighted by molar-refractivity contribution is 6.00. The predicted octanol–water partition coefficient (Wildman–Crippen LogP) is 7.11. The number of fused-ring (bicyclic) bond motifs is 10. The van der Waals surface area contributed by atoms with Gasteiger partial charge in [-0.05, 0) is 65.9 Å². The first-order valence-corrected chi connectivity index (χ1v) is 24.5. The van der Waals surface area contributed by atoms with E-state index in [-0.39, 0.29) is 63.3 Å². The third-order valence-electron chi connectivity index (χ3n) is 13.4. The second-order valence-corrected chi connectivity index (χ2v) is 18.6. The van der Waals surface area contributed by atoms with Gasteiger partial charge in [0.25, 0.3) is 23.6 Å². The number of ether oxygens (including phenoxy) is 1. The smallest absolute Gasteiger partial charge is 0.278 e. The lowest BCUT2D eigenvalue weighted by Gasteiger charge is -2.38. The minimum absolute atomic E-state index is 0.0253. The summed E-state index contributed by atoms with van der Waals surface area (Å²) in [6.07, 6.45) is 2.18. The average Bonchev–Trinajstić information content (AvgIpc) is 3.99. The van der Waals surface area contributed by atoms with Gasteiger partial charge in [-0.3, -0.25) is 48.1 Å². The number of nitrogens with zero attached hydrogens (tertiary/aromatic N) is 6. The maximum Gasteiger partial charge on any atom is 0.278 e. The minimum Gasteiger partial charge on any atom is -0.502 e. The number of pyridine rings is 2. The quantitative estimate of drug-likeness (QED) is 0.0997. The van der Waals surface area contributed by atoms with E-state index in [0.717, 1.165) is 22.6 Å². The fourth-order valence-electron chi connectivity index (χ4n) is 9.26. The molecule has 81 heavy (non-hydrogen) atoms. The molecule has 0 aliphatic carbocycles. The Hall–Kier alpha value is -9.92. The van der Waals surface area contributed by atoms with Crippen LogP contribution in [0.3, 0.4) is 0 Å². The molecule has 24 heteroatoms. The fourth-order valence-corrected chi connectivity index (χ4v) is 9.26. The summed E-state index contributed by atoms with van der Waals surface area (Å²) in [5, 5.41) is 18.2. The molecule has 3 N–H and O–H groups in total. The average molecular weight is 1120 g/mol. The van der Waals surface area contributed by atoms with Crippen molar-refractivity contribution in [1.29, 1.82) is 0 Å². The van der Waals surface area contributed by atoms with Gasteiger partial charge >= 0.3 is 0 Å². The standard InChI is InChI=1S/C30H22F4N4O4.C23H16F4N4O4.C4H6/c31-20-7-6-18-12-36-16-37(13-19(18)8-20)38-14-23(29(40)35-11-22-24(33)9-21(32)10-25(22)34)27(39)28(26(38)30(36)41)42-15-17-4-2-1-3-5-17;24-13-2-1-11-7-29-10-30(8-12(11)3-13)31-9-16(20(32)21(33)19(31)23(29)35)22(34)28-6-15-17(26)4-14(25)5-18(15)27;1-3-4-2/h1-10,14H,11-13,15-16H2,(H,35,40);1-5,9,33H,6-8,10H2,(H,28,34);1-2H3. The molecule has 4 aliphatic heterocycles. The van der Waals surface area contributed by atoms with E-state index in [0.29, 0.717) is 46.5 Å². The van der Waals surface area contributed by atoms with Crippen LogP contribution in [0.5, 0.6) is 11.5 Å². The van der Waals surface area contributed by atoms with Crippen molar-refractivity contribution in [2.45, 2.75) is 59.7 Å². The van der Waals surface area contributed by atoms with Crippen molar-refractivity contribution in [1.82, 2.24) is 29.8 Å². The number of rotatable bonds is 9. The largest absolute Gasteiger partial charge is 0.502 e. The van der Waals surface area contributed by atoms with E-state index < -0.39 is 122 Å². The third-order valence-corrected chi connectivity index (χ3v) is 13.4. The van der Waals surface area contributed by atoms with Crippen LogP contribution in [0.1, 0.15) is 94.5 Å². The second kappa shape index (κ2) is 23.2. The van der Waals surface area contributed by atoms with E-state index in [4.69, 9.17) is 4.74 Å². The molecule has 0 unspecified atom stereocenters. The van der Waals surface area contributed by atoms with Crippen LogP contribution < -0.4 is 36.2 Å². The van der Waals surface area contributed by atoms with E-state index >= 15 is 0 Å². The van der Waals surface area contributed by atoms with Crippen molar-refractivity contribution >= 4 is 23.6 Å². The summed E-state index contributed by atoms with van der Waals surface area (Å²) in [5.41, 5.74) is -1.58. The van der Waals surface area contributed by atoms with Gasteiger partial charge in [0.1, 0.15) is 77.6 Å². The summed E-state index contributed by atoms with van der Waals surface area (Å²) in [6.45, 7) is 2.76. The van der Waals surface area contributed by atoms with Crippen LogP contribution in [0.2, 0.25) is 0 Å². The zero-order valence-corrected chi connectivity index (χ0v) is 42.7. The molecule has 11 rings (SSSR count). The van der Waals surface area contributed by atoms with Crippen molar-refractivity contribution in [3.8, 4) is 23.3 Å². The molecule has 416 valence electrons. The van der Waals surface area contributed by atoms with Crippen molar-refractivity contribution in [3.63, 3.8) is 0 Å². The number of amides is 4. The number of carbonyl (C=O) groups excluding carboxylic acids is 4. The van der Waals surface area contributed by atoms with Crippen molar-refractivity contribution < 1.29 is 64.1 Å². The molecule has 4 bridgehead atoms. The Morgan fingerprint density at radius 1 is 0.543 bits per heavy atom. The Kier molecular flexibility index (Phi) is 16.0. The highest BCUT2D eigenvalue weighted by Crippen LogP contribution is 2.31. The van der Waals surface area contributed by atoms with Gasteiger partial charge in [0.05, 0.1) is 13.1 Å². The maximum atomic E-state index is 14.2. The Balaban J connectivity index is 0.000000186. The van der Waals surface area contributed by atoms with Crippen LogP contribution in [-0.4, -0.2) is 61.2 Å². The Morgan fingerprint density at radius 3 is 1.43 bits per heavy atom. The summed E-state index contributed by atoms with van der Waals surface area (Å²) in [7, 11) is 0. The number of aromatic hydroxyl groups is 1. The van der Waals surface area contributed by atoms with E-state index in [1.165, 1.54) is 43.8 Å². The molecular weight excluding hydrogens is 1080 g/mol. The topological polar surface area (TPSA) is 179 Å². The van der Waals surface area contributed by atoms with E-state index in [9.17, 15) is 69.0 Å². The number of benzene rings is 5. The van der Waals surface area contributed by atoms with Crippen LogP contribution in [-0.2, 0) is 45.9 Å². The van der Waals surface area contributed by atoms with Gasteiger partial charge in [0.15, 0.2) is 22.9 Å². The second-order valence-electron chi connectivity index (χ2n) is 18.6. The lowest BCUT2D eigenvalue weighted by Crippen LogP contribution is -2.52. The molecule has 4 amide bonds. The molecule has 0 radical (unpaired) electrons. The molecule has 4 aliphatic rings. The molecule has 7 aromatic rings. The van der Waals surface area contributed by atoms with Crippen molar-refractivity contribution in [3.05, 3.63) is 232 Å². The van der Waals surface area contributed by atoms with Gasteiger partial charge in [-0.1, -0.05) is 42.5 Å². The molecule has 6 heterocycles. The number of hydrogen-bond donors (Lipinski definition) is 3. The first-order chi connectivity index (χ1) is 38.7. The van der Waals surface area contributed by atoms with Gasteiger partial charge in [0, 0.05) is 74.0 Å². The van der Waals surface area contributed by atoms with Crippen molar-refractivity contribution in [2.24, 2.45) is 0 Å². The van der Waals surface area contributed by atoms with E-state index in [1.54, 1.807) is 47.5 Å². The first kappa shape index (κ1) is 55.8. The lowest BCUT2D eigenvalue weighted by molar-refractivity contribution is 0.0670. The van der Waals surface area contributed by atoms with Gasteiger partial charge in [-0.25, -0.2) is 35.1 Å². The van der Waals surface area contributed by atoms with Gasteiger partial charge < -0.3 is 30.3 Å². The summed E-state index contributed by atoms with van der Waals surface area (Å²) < 4.78 is 119. The molecule has 2 aromatic heterocycles. The lowest BCUT2D eigenvalue weighted by atomic mass is 10.1. The van der Waals surface area contributed by atoms with Gasteiger partial charge in [-0.2, -0.15) is 0 Å². The molecule has 0 fully saturated rings. The summed E-state index contributed by atoms with van der Waals surface area (Å²) in [6, 6.07) is 19.1. The Morgan fingerprint density at radius 2 is 0.975 bits per heavy atom. The molecule has 16 nitrogen and oxygen atoms in total. The zero-order chi connectivity index (χ0) is 58.0. The normalized spacial score (nSPS) is 13.5. The van der Waals surface area contributed by atoms with Crippen molar-refractivity contribution in [2.75, 3.05) is 23.4 Å². The summed E-state index contributed by atoms with van der Waals surface area (Å²) in [4.78, 5) is 81.9. The highest BCUT2D eigenvalue weighted by Gasteiger charge is 2.39. The molecule has 0 atom stereocenters.